The molecule has 1 aliphatic rings. The maximum Gasteiger partial charge on any atom is 0.240 e. The van der Waals surface area contributed by atoms with Crippen LogP contribution in [0.4, 0.5) is 0 Å². The van der Waals surface area contributed by atoms with Gasteiger partial charge in [-0.1, -0.05) is 31.7 Å². The van der Waals surface area contributed by atoms with Crippen LogP contribution in [0.15, 0.2) is 29.2 Å². The molecule has 0 atom stereocenters. The van der Waals surface area contributed by atoms with Crippen LogP contribution in [-0.2, 0) is 10.0 Å². The second-order valence-corrected chi connectivity index (χ2v) is 6.95. The van der Waals surface area contributed by atoms with Gasteiger partial charge in [0.25, 0.3) is 0 Å². The zero-order chi connectivity index (χ0) is 13.7. The van der Waals surface area contributed by atoms with Gasteiger partial charge in [0.2, 0.25) is 10.0 Å². The summed E-state index contributed by atoms with van der Waals surface area (Å²) in [5.41, 5.74) is 0. The number of hydrogen-bond donors (Lipinski definition) is 2. The van der Waals surface area contributed by atoms with Crippen LogP contribution in [0.1, 0.15) is 38.5 Å². The molecular weight excluding hydrogens is 262 g/mol. The van der Waals surface area contributed by atoms with Crippen molar-refractivity contribution in [2.24, 2.45) is 5.92 Å². The molecule has 4 nitrogen and oxygen atoms in total. The lowest BCUT2D eigenvalue weighted by atomic mass is 10.0. The molecule has 106 valence electrons. The minimum absolute atomic E-state index is 0.0335. The van der Waals surface area contributed by atoms with E-state index in [1.165, 1.54) is 49.9 Å². The molecule has 1 saturated carbocycles. The molecule has 0 heterocycles. The van der Waals surface area contributed by atoms with Crippen molar-refractivity contribution in [1.29, 1.82) is 0 Å². The molecule has 1 fully saturated rings. The molecule has 0 aromatic heterocycles. The monoisotopic (exact) mass is 283 g/mol. The fourth-order valence-electron chi connectivity index (χ4n) is 2.63. The summed E-state index contributed by atoms with van der Waals surface area (Å²) in [4.78, 5) is 0.119. The van der Waals surface area contributed by atoms with Gasteiger partial charge in [-0.3, -0.25) is 0 Å². The third-order valence-electron chi connectivity index (χ3n) is 3.68. The van der Waals surface area contributed by atoms with Gasteiger partial charge in [0, 0.05) is 6.54 Å². The summed E-state index contributed by atoms with van der Waals surface area (Å²) >= 11 is 0. The van der Waals surface area contributed by atoms with E-state index in [1.54, 1.807) is 0 Å². The third-order valence-corrected chi connectivity index (χ3v) is 5.14. The van der Waals surface area contributed by atoms with Crippen molar-refractivity contribution in [3.8, 4) is 5.75 Å². The lowest BCUT2D eigenvalue weighted by Crippen LogP contribution is -2.25. The van der Waals surface area contributed by atoms with E-state index in [0.717, 1.165) is 18.8 Å². The first-order valence-electron chi connectivity index (χ1n) is 6.86. The van der Waals surface area contributed by atoms with Gasteiger partial charge in [0.1, 0.15) is 5.75 Å². The molecular formula is C14H21NO3S. The van der Waals surface area contributed by atoms with Crippen LogP contribution in [0.25, 0.3) is 0 Å². The Labute approximate surface area is 114 Å². The lowest BCUT2D eigenvalue weighted by molar-refractivity contribution is 0.472. The first-order valence-corrected chi connectivity index (χ1v) is 8.35. The topological polar surface area (TPSA) is 66.4 Å². The summed E-state index contributed by atoms with van der Waals surface area (Å²) in [6.07, 6.45) is 7.20. The Balaban J connectivity index is 1.80. The number of rotatable bonds is 6. The second kappa shape index (κ2) is 6.39. The van der Waals surface area contributed by atoms with Gasteiger partial charge in [-0.25, -0.2) is 13.1 Å². The summed E-state index contributed by atoms with van der Waals surface area (Å²) in [6, 6.07) is 5.74. The number of hydrogen-bond acceptors (Lipinski definition) is 3. The van der Waals surface area contributed by atoms with Crippen molar-refractivity contribution in [1.82, 2.24) is 4.72 Å². The first kappa shape index (κ1) is 14.3. The number of phenolic OH excluding ortho intramolecular Hbond substituents is 1. The molecule has 0 bridgehead atoms. The number of aromatic hydroxyl groups is 1. The van der Waals surface area contributed by atoms with Crippen LogP contribution < -0.4 is 4.72 Å². The predicted molar refractivity (Wildman–Crippen MR) is 74.5 cm³/mol. The van der Waals surface area contributed by atoms with Gasteiger partial charge in [-0.05, 0) is 37.0 Å². The van der Waals surface area contributed by atoms with Gasteiger partial charge in [-0.15, -0.1) is 0 Å². The molecule has 2 rings (SSSR count). The molecule has 0 amide bonds. The highest BCUT2D eigenvalue weighted by atomic mass is 32.2. The number of phenols is 1. The molecule has 1 aromatic rings. The van der Waals surface area contributed by atoms with Crippen LogP contribution >= 0.6 is 0 Å². The molecule has 1 aliphatic carbocycles. The summed E-state index contributed by atoms with van der Waals surface area (Å²) in [7, 11) is -3.49. The number of nitrogens with one attached hydrogen (secondary N) is 1. The predicted octanol–water partition coefficient (Wildman–Crippen LogP) is 2.64. The molecule has 0 spiro atoms. The van der Waals surface area contributed by atoms with Crippen molar-refractivity contribution in [2.75, 3.05) is 6.54 Å². The highest BCUT2D eigenvalue weighted by molar-refractivity contribution is 7.89. The molecule has 0 radical (unpaired) electrons. The average Bonchev–Trinajstić information content (AvgIpc) is 2.88. The Kier molecular flexibility index (Phi) is 4.82. The normalized spacial score (nSPS) is 16.8. The zero-order valence-corrected chi connectivity index (χ0v) is 11.8. The summed E-state index contributed by atoms with van der Waals surface area (Å²) in [5, 5.41) is 9.30. The molecule has 0 unspecified atom stereocenters. The fraction of sp³-hybridized carbons (Fsp3) is 0.571. The fourth-order valence-corrected chi connectivity index (χ4v) is 3.74. The van der Waals surface area contributed by atoms with Crippen LogP contribution in [0.5, 0.6) is 5.75 Å². The second-order valence-electron chi connectivity index (χ2n) is 5.19. The molecule has 1 aromatic carbocycles. The van der Waals surface area contributed by atoms with E-state index < -0.39 is 10.0 Å². The Hall–Kier alpha value is -1.07. The van der Waals surface area contributed by atoms with E-state index >= 15 is 0 Å². The number of benzene rings is 1. The van der Waals surface area contributed by atoms with Crippen molar-refractivity contribution >= 4 is 10.0 Å². The largest absolute Gasteiger partial charge is 0.508 e. The highest BCUT2D eigenvalue weighted by Crippen LogP contribution is 2.28. The smallest absolute Gasteiger partial charge is 0.240 e. The van der Waals surface area contributed by atoms with Crippen molar-refractivity contribution < 1.29 is 13.5 Å². The molecule has 19 heavy (non-hydrogen) atoms. The summed E-state index contributed by atoms with van der Waals surface area (Å²) in [6.45, 7) is 0.467. The van der Waals surface area contributed by atoms with Gasteiger partial charge in [0.15, 0.2) is 0 Å². The maximum atomic E-state index is 12.0. The Bertz CT molecular complexity index is 507. The average molecular weight is 283 g/mol. The van der Waals surface area contributed by atoms with Crippen LogP contribution in [-0.4, -0.2) is 20.1 Å². The van der Waals surface area contributed by atoms with E-state index in [2.05, 4.69) is 4.72 Å². The maximum absolute atomic E-state index is 12.0. The minimum atomic E-state index is -3.49. The van der Waals surface area contributed by atoms with E-state index in [0.29, 0.717) is 6.54 Å². The molecule has 0 saturated heterocycles. The third kappa shape index (κ3) is 4.21. The van der Waals surface area contributed by atoms with E-state index in [-0.39, 0.29) is 10.6 Å². The standard InChI is InChI=1S/C14H21NO3S/c16-13-8-3-9-14(11-13)19(17,18)15-10-4-7-12-5-1-2-6-12/h3,8-9,11-12,15-16H,1-2,4-7,10H2. The number of sulfonamides is 1. The van der Waals surface area contributed by atoms with Crippen molar-refractivity contribution in [3.05, 3.63) is 24.3 Å². The lowest BCUT2D eigenvalue weighted by Gasteiger charge is -2.10. The van der Waals surface area contributed by atoms with Crippen LogP contribution in [0, 0.1) is 5.92 Å². The van der Waals surface area contributed by atoms with Gasteiger partial charge in [0.05, 0.1) is 4.90 Å². The Morgan fingerprint density at radius 3 is 2.68 bits per heavy atom. The minimum Gasteiger partial charge on any atom is -0.508 e. The molecule has 2 N–H and O–H groups in total. The van der Waals surface area contributed by atoms with Crippen LogP contribution in [0.2, 0.25) is 0 Å². The SMILES string of the molecule is O=S(=O)(NCCCC1CCCC1)c1cccc(O)c1. The molecule has 5 heteroatoms. The van der Waals surface area contributed by atoms with E-state index in [4.69, 9.17) is 0 Å². The Morgan fingerprint density at radius 1 is 1.26 bits per heavy atom. The van der Waals surface area contributed by atoms with Gasteiger partial charge < -0.3 is 5.11 Å². The quantitative estimate of drug-likeness (QED) is 0.789. The summed E-state index contributed by atoms with van der Waals surface area (Å²) in [5.74, 6) is 0.749. The summed E-state index contributed by atoms with van der Waals surface area (Å²) < 4.78 is 26.5. The van der Waals surface area contributed by atoms with Crippen molar-refractivity contribution in [3.63, 3.8) is 0 Å². The van der Waals surface area contributed by atoms with Crippen LogP contribution in [0.3, 0.4) is 0 Å². The first-order chi connectivity index (χ1) is 9.08. The molecule has 0 aliphatic heterocycles. The van der Waals surface area contributed by atoms with Gasteiger partial charge >= 0.3 is 0 Å². The van der Waals surface area contributed by atoms with E-state index in [1.807, 2.05) is 0 Å². The zero-order valence-electron chi connectivity index (χ0n) is 11.0. The Morgan fingerprint density at radius 2 is 2.00 bits per heavy atom. The van der Waals surface area contributed by atoms with E-state index in [9.17, 15) is 13.5 Å². The highest BCUT2D eigenvalue weighted by Gasteiger charge is 2.16. The van der Waals surface area contributed by atoms with Gasteiger partial charge in [-0.2, -0.15) is 0 Å². The van der Waals surface area contributed by atoms with Crippen molar-refractivity contribution in [2.45, 2.75) is 43.4 Å².